The minimum Gasteiger partial charge on any atom is -0.509 e. The van der Waals surface area contributed by atoms with Crippen LogP contribution in [0.15, 0.2) is 18.2 Å². The minimum absolute atomic E-state index is 0.104. The highest BCUT2D eigenvalue weighted by Gasteiger charge is 2.16. The average molecular weight is 196 g/mol. The smallest absolute Gasteiger partial charge is 0.509 e. The third kappa shape index (κ3) is 2.24. The van der Waals surface area contributed by atoms with Crippen molar-refractivity contribution >= 4 is 13.6 Å². The Balaban J connectivity index is 3.08. The summed E-state index contributed by atoms with van der Waals surface area (Å²) in [4.78, 5) is 10.6. The molecule has 0 aliphatic heterocycles. The van der Waals surface area contributed by atoms with Crippen molar-refractivity contribution in [2.75, 3.05) is 7.11 Å². The van der Waals surface area contributed by atoms with Crippen LogP contribution in [0.3, 0.4) is 0 Å². The monoisotopic (exact) mass is 196 g/mol. The number of para-hydroxylation sites is 1. The molecule has 0 radical (unpaired) electrons. The first-order valence-corrected chi connectivity index (χ1v) is 3.84. The number of methoxy groups -OCH3 is 1. The first-order chi connectivity index (χ1) is 6.69. The Kier molecular flexibility index (Phi) is 3.50. The number of benzene rings is 1. The SMILES string of the molecule is COc1c(C=O)cccc1OB(O)O. The molecule has 0 saturated carbocycles. The van der Waals surface area contributed by atoms with E-state index in [1.165, 1.54) is 19.2 Å². The molecule has 5 nitrogen and oxygen atoms in total. The molecule has 0 spiro atoms. The molecule has 14 heavy (non-hydrogen) atoms. The molecular formula is C8H9BO5. The van der Waals surface area contributed by atoms with Gasteiger partial charge in [0.15, 0.2) is 12.0 Å². The zero-order valence-electron chi connectivity index (χ0n) is 7.51. The number of aldehydes is 1. The zero-order chi connectivity index (χ0) is 10.6. The van der Waals surface area contributed by atoms with E-state index in [2.05, 4.69) is 4.65 Å². The van der Waals surface area contributed by atoms with Gasteiger partial charge in [-0.25, -0.2) is 0 Å². The summed E-state index contributed by atoms with van der Waals surface area (Å²) >= 11 is 0. The molecule has 0 amide bonds. The minimum atomic E-state index is -1.94. The lowest BCUT2D eigenvalue weighted by molar-refractivity contribution is 0.111. The van der Waals surface area contributed by atoms with Crippen LogP contribution in [0.25, 0.3) is 0 Å². The van der Waals surface area contributed by atoms with Gasteiger partial charge in [-0.15, -0.1) is 0 Å². The zero-order valence-corrected chi connectivity index (χ0v) is 7.51. The van der Waals surface area contributed by atoms with Crippen molar-refractivity contribution in [1.29, 1.82) is 0 Å². The second kappa shape index (κ2) is 4.64. The molecule has 6 heteroatoms. The quantitative estimate of drug-likeness (QED) is 0.517. The first kappa shape index (κ1) is 10.6. The lowest BCUT2D eigenvalue weighted by atomic mass is 10.2. The van der Waals surface area contributed by atoms with E-state index in [-0.39, 0.29) is 17.1 Å². The number of hydrogen-bond donors (Lipinski definition) is 2. The van der Waals surface area contributed by atoms with Gasteiger partial charge in [-0.05, 0) is 12.1 Å². The van der Waals surface area contributed by atoms with Crippen molar-refractivity contribution in [3.63, 3.8) is 0 Å². The van der Waals surface area contributed by atoms with Gasteiger partial charge in [0.2, 0.25) is 0 Å². The van der Waals surface area contributed by atoms with E-state index >= 15 is 0 Å². The van der Waals surface area contributed by atoms with Crippen LogP contribution in [-0.2, 0) is 0 Å². The van der Waals surface area contributed by atoms with Gasteiger partial charge in [0, 0.05) is 0 Å². The van der Waals surface area contributed by atoms with Crippen molar-refractivity contribution in [3.8, 4) is 11.5 Å². The Morgan fingerprint density at radius 1 is 1.43 bits per heavy atom. The molecule has 0 bridgehead atoms. The molecule has 1 rings (SSSR count). The number of carbonyl (C=O) groups is 1. The van der Waals surface area contributed by atoms with Crippen LogP contribution < -0.4 is 9.39 Å². The Morgan fingerprint density at radius 3 is 2.64 bits per heavy atom. The van der Waals surface area contributed by atoms with E-state index in [9.17, 15) is 4.79 Å². The summed E-state index contributed by atoms with van der Waals surface area (Å²) in [5.41, 5.74) is 0.283. The molecule has 0 aliphatic rings. The Labute approximate surface area is 81.1 Å². The van der Waals surface area contributed by atoms with Crippen molar-refractivity contribution in [3.05, 3.63) is 23.8 Å². The molecule has 0 saturated heterocycles. The van der Waals surface area contributed by atoms with E-state index in [0.29, 0.717) is 6.29 Å². The maximum absolute atomic E-state index is 10.6. The molecular weight excluding hydrogens is 187 g/mol. The van der Waals surface area contributed by atoms with Gasteiger partial charge < -0.3 is 19.4 Å². The number of ether oxygens (including phenoxy) is 1. The molecule has 2 N–H and O–H groups in total. The molecule has 0 unspecified atom stereocenters. The molecule has 0 atom stereocenters. The number of carbonyl (C=O) groups excluding carboxylic acids is 1. The van der Waals surface area contributed by atoms with E-state index in [1.807, 2.05) is 0 Å². The maximum Gasteiger partial charge on any atom is 0.707 e. The summed E-state index contributed by atoms with van der Waals surface area (Å²) in [5.74, 6) is 0.280. The highest BCUT2D eigenvalue weighted by molar-refractivity contribution is 6.33. The predicted octanol–water partition coefficient (Wildman–Crippen LogP) is -0.144. The van der Waals surface area contributed by atoms with Crippen molar-refractivity contribution < 1.29 is 24.2 Å². The fraction of sp³-hybridized carbons (Fsp3) is 0.125. The molecule has 0 heterocycles. The average Bonchev–Trinajstić information content (AvgIpc) is 2.16. The second-order valence-electron chi connectivity index (χ2n) is 2.44. The normalized spacial score (nSPS) is 9.36. The lowest BCUT2D eigenvalue weighted by Gasteiger charge is -2.10. The Hall–Kier alpha value is -1.53. The Bertz CT molecular complexity index is 326. The highest BCUT2D eigenvalue weighted by atomic mass is 16.6. The fourth-order valence-electron chi connectivity index (χ4n) is 1.05. The van der Waals surface area contributed by atoms with Crippen LogP contribution in [0.5, 0.6) is 11.5 Å². The molecule has 1 aromatic carbocycles. The third-order valence-corrected chi connectivity index (χ3v) is 1.57. The topological polar surface area (TPSA) is 76.0 Å². The van der Waals surface area contributed by atoms with Crippen LogP contribution >= 0.6 is 0 Å². The van der Waals surface area contributed by atoms with Gasteiger partial charge in [-0.1, -0.05) is 6.07 Å². The largest absolute Gasteiger partial charge is 0.707 e. The fourth-order valence-corrected chi connectivity index (χ4v) is 1.05. The van der Waals surface area contributed by atoms with Crippen molar-refractivity contribution in [2.24, 2.45) is 0 Å². The summed E-state index contributed by atoms with van der Waals surface area (Å²) in [5, 5.41) is 17.2. The van der Waals surface area contributed by atoms with Crippen LogP contribution in [0, 0.1) is 0 Å². The van der Waals surface area contributed by atoms with Gasteiger partial charge in [0.05, 0.1) is 12.7 Å². The van der Waals surface area contributed by atoms with Gasteiger partial charge in [-0.2, -0.15) is 0 Å². The molecule has 0 aliphatic carbocycles. The van der Waals surface area contributed by atoms with Gasteiger partial charge in [0.25, 0.3) is 0 Å². The highest BCUT2D eigenvalue weighted by Crippen LogP contribution is 2.29. The molecule has 1 aromatic rings. The van der Waals surface area contributed by atoms with Crippen LogP contribution in [-0.4, -0.2) is 30.8 Å². The number of hydrogen-bond acceptors (Lipinski definition) is 5. The summed E-state index contributed by atoms with van der Waals surface area (Å²) < 4.78 is 9.50. The third-order valence-electron chi connectivity index (χ3n) is 1.57. The standard InChI is InChI=1S/C8H9BO5/c1-13-8-6(5-10)3-2-4-7(8)14-9(11)12/h2-5,11-12H,1H3. The number of rotatable bonds is 4. The van der Waals surface area contributed by atoms with Gasteiger partial charge >= 0.3 is 7.32 Å². The van der Waals surface area contributed by atoms with E-state index in [0.717, 1.165) is 0 Å². The summed E-state index contributed by atoms with van der Waals surface area (Å²) in [7, 11) is -0.579. The van der Waals surface area contributed by atoms with Gasteiger partial charge in [-0.3, -0.25) is 4.79 Å². The summed E-state index contributed by atoms with van der Waals surface area (Å²) in [6.07, 6.45) is 0.593. The lowest BCUT2D eigenvalue weighted by Crippen LogP contribution is -2.21. The predicted molar refractivity (Wildman–Crippen MR) is 49.2 cm³/mol. The first-order valence-electron chi connectivity index (χ1n) is 3.84. The second-order valence-corrected chi connectivity index (χ2v) is 2.44. The van der Waals surface area contributed by atoms with E-state index in [1.54, 1.807) is 6.07 Å². The maximum atomic E-state index is 10.6. The van der Waals surface area contributed by atoms with E-state index < -0.39 is 7.32 Å². The van der Waals surface area contributed by atoms with E-state index in [4.69, 9.17) is 14.8 Å². The van der Waals surface area contributed by atoms with Crippen molar-refractivity contribution in [1.82, 2.24) is 0 Å². The summed E-state index contributed by atoms with van der Waals surface area (Å²) in [6.45, 7) is 0. The van der Waals surface area contributed by atoms with Crippen LogP contribution in [0.1, 0.15) is 10.4 Å². The van der Waals surface area contributed by atoms with Crippen LogP contribution in [0.2, 0.25) is 0 Å². The Morgan fingerprint density at radius 2 is 2.14 bits per heavy atom. The molecule has 0 aromatic heterocycles. The van der Waals surface area contributed by atoms with Crippen LogP contribution in [0.4, 0.5) is 0 Å². The molecule has 0 fully saturated rings. The summed E-state index contributed by atoms with van der Waals surface area (Å²) in [6, 6.07) is 4.54. The molecule has 74 valence electrons. The van der Waals surface area contributed by atoms with Crippen molar-refractivity contribution in [2.45, 2.75) is 0 Å². The van der Waals surface area contributed by atoms with Gasteiger partial charge in [0.1, 0.15) is 5.75 Å².